The molecule has 0 saturated heterocycles. The lowest BCUT2D eigenvalue weighted by atomic mass is 9.72. The van der Waals surface area contributed by atoms with Crippen LogP contribution in [0.1, 0.15) is 34.6 Å². The number of carbonyl (C=O) groups is 2. The van der Waals surface area contributed by atoms with Crippen LogP contribution >= 0.6 is 0 Å². The molecule has 0 bridgehead atoms. The minimum atomic E-state index is -0.885. The maximum absolute atomic E-state index is 11.9. The molecule has 1 aromatic carbocycles. The molecule has 4 heteroatoms. The van der Waals surface area contributed by atoms with E-state index in [4.69, 9.17) is 4.74 Å². The SMILES string of the molecule is CC(C)(C)[C@]1(C(=O)O)[C@@H](C=CC(=O)Oc2ccccc2)C1(C)C. The van der Waals surface area contributed by atoms with Crippen LogP contribution in [0.4, 0.5) is 0 Å². The summed E-state index contributed by atoms with van der Waals surface area (Å²) in [5.41, 5.74) is -1.72. The van der Waals surface area contributed by atoms with Crippen molar-refractivity contribution >= 4 is 11.9 Å². The standard InChI is InChI=1S/C19H24O4/c1-17(2,3)19(16(21)22)14(18(19,4)5)11-12-15(20)23-13-9-7-6-8-10-13/h6-12,14H,1-5H3,(H,21,22)/t14-,19+/m0/s1. The van der Waals surface area contributed by atoms with Gasteiger partial charge in [-0.05, 0) is 23.0 Å². The highest BCUT2D eigenvalue weighted by atomic mass is 16.5. The van der Waals surface area contributed by atoms with Gasteiger partial charge >= 0.3 is 11.9 Å². The second-order valence-electron chi connectivity index (χ2n) is 7.66. The smallest absolute Gasteiger partial charge is 0.335 e. The molecule has 0 unspecified atom stereocenters. The van der Waals surface area contributed by atoms with Gasteiger partial charge in [-0.1, -0.05) is 58.9 Å². The number of carboxylic acids is 1. The number of benzene rings is 1. The molecule has 1 fully saturated rings. The molecule has 2 atom stereocenters. The topological polar surface area (TPSA) is 63.6 Å². The van der Waals surface area contributed by atoms with Crippen LogP contribution in [0, 0.1) is 22.2 Å². The van der Waals surface area contributed by atoms with Gasteiger partial charge in [0.1, 0.15) is 5.75 Å². The molecule has 0 aromatic heterocycles. The van der Waals surface area contributed by atoms with Crippen molar-refractivity contribution in [2.45, 2.75) is 34.6 Å². The molecule has 0 radical (unpaired) electrons. The molecular weight excluding hydrogens is 292 g/mol. The second-order valence-corrected chi connectivity index (χ2v) is 7.66. The molecule has 0 heterocycles. The van der Waals surface area contributed by atoms with E-state index in [-0.39, 0.29) is 5.92 Å². The zero-order valence-corrected chi connectivity index (χ0v) is 14.3. The first-order valence-electron chi connectivity index (χ1n) is 7.73. The van der Waals surface area contributed by atoms with E-state index < -0.39 is 28.2 Å². The largest absolute Gasteiger partial charge is 0.481 e. The molecule has 0 spiro atoms. The summed E-state index contributed by atoms with van der Waals surface area (Å²) in [7, 11) is 0. The first-order valence-corrected chi connectivity index (χ1v) is 7.73. The van der Waals surface area contributed by atoms with E-state index in [0.717, 1.165) is 0 Å². The van der Waals surface area contributed by atoms with Gasteiger partial charge in [0, 0.05) is 12.0 Å². The summed E-state index contributed by atoms with van der Waals surface area (Å²) < 4.78 is 5.20. The van der Waals surface area contributed by atoms with E-state index in [0.29, 0.717) is 5.75 Å². The Kier molecular flexibility index (Phi) is 4.14. The minimum absolute atomic E-state index is 0.212. The molecule has 1 aliphatic carbocycles. The van der Waals surface area contributed by atoms with Crippen LogP contribution in [0.3, 0.4) is 0 Å². The van der Waals surface area contributed by atoms with Crippen molar-refractivity contribution in [2.75, 3.05) is 0 Å². The summed E-state index contributed by atoms with van der Waals surface area (Å²) in [5.74, 6) is -1.05. The second kappa shape index (κ2) is 5.52. The lowest BCUT2D eigenvalue weighted by Gasteiger charge is -2.30. The lowest BCUT2D eigenvalue weighted by molar-refractivity contribution is -0.150. The fraction of sp³-hybridized carbons (Fsp3) is 0.474. The summed E-state index contributed by atoms with van der Waals surface area (Å²) in [6.07, 6.45) is 3.03. The highest BCUT2D eigenvalue weighted by Crippen LogP contribution is 2.76. The molecule has 124 valence electrons. The Morgan fingerprint density at radius 3 is 2.17 bits per heavy atom. The maximum atomic E-state index is 11.9. The fourth-order valence-electron chi connectivity index (χ4n) is 4.16. The summed E-state index contributed by atoms with van der Waals surface area (Å²) in [5, 5.41) is 9.80. The van der Waals surface area contributed by atoms with Gasteiger partial charge in [-0.2, -0.15) is 0 Å². The molecule has 1 aromatic rings. The summed E-state index contributed by atoms with van der Waals surface area (Å²) >= 11 is 0. The molecular formula is C19H24O4. The molecule has 23 heavy (non-hydrogen) atoms. The number of carbonyl (C=O) groups excluding carboxylic acids is 1. The van der Waals surface area contributed by atoms with Gasteiger partial charge in [0.15, 0.2) is 0 Å². The molecule has 2 rings (SSSR count). The number of carboxylic acid groups (broad SMARTS) is 1. The van der Waals surface area contributed by atoms with Crippen LogP contribution in [0.2, 0.25) is 0 Å². The van der Waals surface area contributed by atoms with Gasteiger partial charge in [-0.15, -0.1) is 0 Å². The van der Waals surface area contributed by atoms with Crippen LogP contribution in [0.25, 0.3) is 0 Å². The first-order chi connectivity index (χ1) is 10.5. The highest BCUT2D eigenvalue weighted by molar-refractivity contribution is 5.86. The van der Waals surface area contributed by atoms with Gasteiger partial charge in [-0.25, -0.2) is 4.79 Å². The zero-order valence-electron chi connectivity index (χ0n) is 14.3. The number of hydrogen-bond donors (Lipinski definition) is 1. The number of para-hydroxylation sites is 1. The third-order valence-corrected chi connectivity index (χ3v) is 5.08. The Morgan fingerprint density at radius 2 is 1.74 bits per heavy atom. The average Bonchev–Trinajstić information content (AvgIpc) is 2.94. The number of aliphatic carboxylic acids is 1. The van der Waals surface area contributed by atoms with Gasteiger partial charge < -0.3 is 9.84 Å². The fourth-order valence-corrected chi connectivity index (χ4v) is 4.16. The predicted octanol–water partition coefficient (Wildman–Crippen LogP) is 3.92. The molecule has 1 N–H and O–H groups in total. The van der Waals surface area contributed by atoms with Crippen LogP contribution in [0.5, 0.6) is 5.75 Å². The van der Waals surface area contributed by atoms with E-state index in [2.05, 4.69) is 0 Å². The highest BCUT2D eigenvalue weighted by Gasteiger charge is 2.79. The quantitative estimate of drug-likeness (QED) is 0.519. The van der Waals surface area contributed by atoms with Crippen LogP contribution < -0.4 is 4.74 Å². The van der Waals surface area contributed by atoms with Crippen LogP contribution in [-0.2, 0) is 9.59 Å². The van der Waals surface area contributed by atoms with Crippen molar-refractivity contribution in [1.82, 2.24) is 0 Å². The van der Waals surface area contributed by atoms with Crippen molar-refractivity contribution in [3.63, 3.8) is 0 Å². The molecule has 1 saturated carbocycles. The predicted molar refractivity (Wildman–Crippen MR) is 88.0 cm³/mol. The van der Waals surface area contributed by atoms with Gasteiger partial charge in [-0.3, -0.25) is 4.79 Å². The van der Waals surface area contributed by atoms with Crippen molar-refractivity contribution in [1.29, 1.82) is 0 Å². The monoisotopic (exact) mass is 316 g/mol. The Morgan fingerprint density at radius 1 is 1.17 bits per heavy atom. The zero-order chi connectivity index (χ0) is 17.5. The Labute approximate surface area is 137 Å². The molecule has 4 nitrogen and oxygen atoms in total. The molecule has 1 aliphatic rings. The van der Waals surface area contributed by atoms with E-state index in [1.165, 1.54) is 6.08 Å². The van der Waals surface area contributed by atoms with Crippen molar-refractivity contribution in [2.24, 2.45) is 22.2 Å². The average molecular weight is 316 g/mol. The number of hydrogen-bond acceptors (Lipinski definition) is 3. The number of ether oxygens (including phenoxy) is 1. The minimum Gasteiger partial charge on any atom is -0.481 e. The van der Waals surface area contributed by atoms with Gasteiger partial charge in [0.2, 0.25) is 0 Å². The lowest BCUT2D eigenvalue weighted by Crippen LogP contribution is -2.35. The van der Waals surface area contributed by atoms with Gasteiger partial charge in [0.25, 0.3) is 0 Å². The van der Waals surface area contributed by atoms with Crippen molar-refractivity contribution in [3.05, 3.63) is 42.5 Å². The number of rotatable bonds is 4. The summed E-state index contributed by atoms with van der Waals surface area (Å²) in [6.45, 7) is 9.66. The summed E-state index contributed by atoms with van der Waals surface area (Å²) in [4.78, 5) is 23.9. The van der Waals surface area contributed by atoms with Crippen LogP contribution in [-0.4, -0.2) is 17.0 Å². The van der Waals surface area contributed by atoms with E-state index >= 15 is 0 Å². The van der Waals surface area contributed by atoms with E-state index in [9.17, 15) is 14.7 Å². The van der Waals surface area contributed by atoms with Crippen molar-refractivity contribution in [3.8, 4) is 5.75 Å². The normalized spacial score (nSPS) is 26.0. The summed E-state index contributed by atoms with van der Waals surface area (Å²) in [6, 6.07) is 8.80. The Balaban J connectivity index is 2.17. The van der Waals surface area contributed by atoms with Crippen molar-refractivity contribution < 1.29 is 19.4 Å². The maximum Gasteiger partial charge on any atom is 0.335 e. The van der Waals surface area contributed by atoms with E-state index in [1.54, 1.807) is 30.3 Å². The van der Waals surface area contributed by atoms with Gasteiger partial charge in [0.05, 0.1) is 5.41 Å². The Bertz CT molecular complexity index is 637. The first kappa shape index (κ1) is 17.3. The number of allylic oxidation sites excluding steroid dienone is 1. The molecule has 0 aliphatic heterocycles. The van der Waals surface area contributed by atoms with E-state index in [1.807, 2.05) is 40.7 Å². The third kappa shape index (κ3) is 2.67. The number of esters is 1. The Hall–Kier alpha value is -2.10. The molecule has 0 amide bonds. The third-order valence-electron chi connectivity index (χ3n) is 5.08. The van der Waals surface area contributed by atoms with Crippen LogP contribution in [0.15, 0.2) is 42.5 Å².